The molecule has 1 rings (SSSR count). The molecule has 0 saturated carbocycles. The van der Waals surface area contributed by atoms with Gasteiger partial charge in [0.15, 0.2) is 5.82 Å². The standard InChI is InChI=1S/C5H5IN4/c6-2-8-5-4(1-7)9-3-10-5/h1-3,7H,(H,9,10). The van der Waals surface area contributed by atoms with E-state index in [0.717, 1.165) is 0 Å². The number of H-pyrrole nitrogens is 1. The summed E-state index contributed by atoms with van der Waals surface area (Å²) in [6, 6.07) is 0. The SMILES string of the molecule is N=Cc1[nH]cnc1N=CI. The van der Waals surface area contributed by atoms with E-state index in [2.05, 4.69) is 15.0 Å². The van der Waals surface area contributed by atoms with Crippen molar-refractivity contribution in [2.45, 2.75) is 0 Å². The molecule has 0 spiro atoms. The molecule has 0 radical (unpaired) electrons. The summed E-state index contributed by atoms with van der Waals surface area (Å²) in [5.74, 6) is 0.560. The lowest BCUT2D eigenvalue weighted by Crippen LogP contribution is -1.77. The number of nitrogens with one attached hydrogen (secondary N) is 2. The van der Waals surface area contributed by atoms with Gasteiger partial charge in [0.05, 0.1) is 10.5 Å². The molecule has 0 aliphatic carbocycles. The number of rotatable bonds is 2. The predicted octanol–water partition coefficient (Wildman–Crippen LogP) is 1.50. The normalized spacial score (nSPS) is 10.5. The number of aromatic amines is 1. The Bertz CT molecular complexity index is 252. The summed E-state index contributed by atoms with van der Waals surface area (Å²) in [5, 5.41) is 6.91. The fourth-order valence-electron chi connectivity index (χ4n) is 0.552. The second kappa shape index (κ2) is 3.45. The lowest BCUT2D eigenvalue weighted by Gasteiger charge is -1.83. The Balaban J connectivity index is 3.00. The van der Waals surface area contributed by atoms with Crippen LogP contribution < -0.4 is 0 Å². The summed E-state index contributed by atoms with van der Waals surface area (Å²) in [5.41, 5.74) is 0.632. The zero-order valence-corrected chi connectivity index (χ0v) is 7.16. The molecule has 0 saturated heterocycles. The minimum atomic E-state index is 0.560. The van der Waals surface area contributed by atoms with Crippen LogP contribution in [0.1, 0.15) is 5.69 Å². The molecule has 0 aliphatic rings. The van der Waals surface area contributed by atoms with Gasteiger partial charge in [-0.2, -0.15) is 0 Å². The van der Waals surface area contributed by atoms with E-state index < -0.39 is 0 Å². The molecule has 1 aromatic rings. The van der Waals surface area contributed by atoms with Crippen LogP contribution in [0.4, 0.5) is 5.82 Å². The van der Waals surface area contributed by atoms with Crippen LogP contribution in [-0.4, -0.2) is 20.4 Å². The fraction of sp³-hybridized carbons (Fsp3) is 0. The molecule has 0 aliphatic heterocycles. The van der Waals surface area contributed by atoms with Crippen molar-refractivity contribution in [2.24, 2.45) is 4.99 Å². The Labute approximate surface area is 71.4 Å². The average Bonchev–Trinajstić information content (AvgIpc) is 2.36. The first kappa shape index (κ1) is 7.39. The largest absolute Gasteiger partial charge is 0.342 e. The first-order valence-corrected chi connectivity index (χ1v) is 3.79. The molecule has 4 nitrogen and oxygen atoms in total. The highest BCUT2D eigenvalue weighted by molar-refractivity contribution is 14.1. The van der Waals surface area contributed by atoms with Crippen LogP contribution in [0.5, 0.6) is 0 Å². The zero-order valence-electron chi connectivity index (χ0n) is 5.00. The van der Waals surface area contributed by atoms with Crippen LogP contribution in [0, 0.1) is 5.41 Å². The van der Waals surface area contributed by atoms with Gasteiger partial charge in [0.25, 0.3) is 0 Å². The molecular formula is C5H5IN4. The molecule has 1 aromatic heterocycles. The van der Waals surface area contributed by atoms with Crippen LogP contribution in [0.2, 0.25) is 0 Å². The van der Waals surface area contributed by atoms with Crippen molar-refractivity contribution in [3.05, 3.63) is 12.0 Å². The maximum Gasteiger partial charge on any atom is 0.179 e. The van der Waals surface area contributed by atoms with Gasteiger partial charge in [0.2, 0.25) is 0 Å². The number of hydrogen-bond acceptors (Lipinski definition) is 3. The summed E-state index contributed by atoms with van der Waals surface area (Å²) in [7, 11) is 0. The van der Waals surface area contributed by atoms with Gasteiger partial charge in [0, 0.05) is 6.21 Å². The van der Waals surface area contributed by atoms with E-state index in [1.165, 1.54) is 12.5 Å². The molecule has 52 valence electrons. The number of nitrogens with zero attached hydrogens (tertiary/aromatic N) is 2. The van der Waals surface area contributed by atoms with E-state index in [1.54, 1.807) is 4.22 Å². The molecule has 10 heavy (non-hydrogen) atoms. The third-order valence-corrected chi connectivity index (χ3v) is 1.24. The molecule has 0 unspecified atom stereocenters. The molecule has 5 heteroatoms. The fourth-order valence-corrected chi connectivity index (χ4v) is 0.816. The van der Waals surface area contributed by atoms with E-state index in [0.29, 0.717) is 11.5 Å². The predicted molar refractivity (Wildman–Crippen MR) is 48.6 cm³/mol. The van der Waals surface area contributed by atoms with Gasteiger partial charge in [-0.05, 0) is 22.6 Å². The molecule has 1 heterocycles. The van der Waals surface area contributed by atoms with Gasteiger partial charge in [-0.3, -0.25) is 0 Å². The van der Waals surface area contributed by atoms with Crippen LogP contribution in [0.3, 0.4) is 0 Å². The molecule has 0 fully saturated rings. The highest BCUT2D eigenvalue weighted by atomic mass is 127. The van der Waals surface area contributed by atoms with Crippen LogP contribution in [0.15, 0.2) is 11.3 Å². The molecule has 0 aromatic carbocycles. The topological polar surface area (TPSA) is 64.9 Å². The summed E-state index contributed by atoms with van der Waals surface area (Å²) in [6.45, 7) is 0. The molecular weight excluding hydrogens is 243 g/mol. The summed E-state index contributed by atoms with van der Waals surface area (Å²) in [6.07, 6.45) is 2.70. The van der Waals surface area contributed by atoms with Crippen molar-refractivity contribution in [1.82, 2.24) is 9.97 Å². The number of aliphatic imine (C=N–C) groups is 1. The maximum atomic E-state index is 6.91. The smallest absolute Gasteiger partial charge is 0.179 e. The quantitative estimate of drug-likeness (QED) is 0.604. The third-order valence-electron chi connectivity index (χ3n) is 0.963. The van der Waals surface area contributed by atoms with Gasteiger partial charge in [-0.15, -0.1) is 0 Å². The minimum Gasteiger partial charge on any atom is -0.342 e. The van der Waals surface area contributed by atoms with Crippen molar-refractivity contribution in [3.63, 3.8) is 0 Å². The lowest BCUT2D eigenvalue weighted by molar-refractivity contribution is 1.30. The van der Waals surface area contributed by atoms with Gasteiger partial charge in [0.1, 0.15) is 5.69 Å². The number of imidazole rings is 1. The van der Waals surface area contributed by atoms with E-state index in [9.17, 15) is 0 Å². The van der Waals surface area contributed by atoms with Crippen molar-refractivity contribution in [3.8, 4) is 0 Å². The van der Waals surface area contributed by atoms with Gasteiger partial charge < -0.3 is 10.4 Å². The van der Waals surface area contributed by atoms with E-state index in [-0.39, 0.29) is 0 Å². The Kier molecular flexibility index (Phi) is 2.55. The Hall–Kier alpha value is -0.720. The van der Waals surface area contributed by atoms with Crippen molar-refractivity contribution < 1.29 is 0 Å². The highest BCUT2D eigenvalue weighted by Crippen LogP contribution is 2.09. The Morgan fingerprint density at radius 3 is 3.20 bits per heavy atom. The summed E-state index contributed by atoms with van der Waals surface area (Å²) < 4.78 is 1.61. The van der Waals surface area contributed by atoms with Crippen molar-refractivity contribution in [2.75, 3.05) is 0 Å². The lowest BCUT2D eigenvalue weighted by atomic mass is 10.5. The average molecular weight is 248 g/mol. The van der Waals surface area contributed by atoms with E-state index in [4.69, 9.17) is 5.41 Å². The Morgan fingerprint density at radius 2 is 2.60 bits per heavy atom. The van der Waals surface area contributed by atoms with Crippen LogP contribution >= 0.6 is 22.6 Å². The maximum absolute atomic E-state index is 6.91. The number of halogens is 1. The minimum absolute atomic E-state index is 0.560. The van der Waals surface area contributed by atoms with Gasteiger partial charge in [-0.25, -0.2) is 9.98 Å². The first-order chi connectivity index (χ1) is 4.88. The molecule has 0 atom stereocenters. The molecule has 0 bridgehead atoms. The first-order valence-electron chi connectivity index (χ1n) is 2.55. The second-order valence-corrected chi connectivity index (χ2v) is 2.07. The van der Waals surface area contributed by atoms with Crippen molar-refractivity contribution in [1.29, 1.82) is 5.41 Å². The summed E-state index contributed by atoms with van der Waals surface area (Å²) >= 11 is 2.00. The highest BCUT2D eigenvalue weighted by Gasteiger charge is 1.97. The van der Waals surface area contributed by atoms with E-state index in [1.807, 2.05) is 22.6 Å². The van der Waals surface area contributed by atoms with Crippen LogP contribution in [-0.2, 0) is 0 Å². The second-order valence-electron chi connectivity index (χ2n) is 1.51. The van der Waals surface area contributed by atoms with E-state index >= 15 is 0 Å². The van der Waals surface area contributed by atoms with Gasteiger partial charge in [-0.1, -0.05) is 0 Å². The zero-order chi connectivity index (χ0) is 7.40. The third kappa shape index (κ3) is 1.41. The molecule has 2 N–H and O–H groups in total. The van der Waals surface area contributed by atoms with Gasteiger partial charge >= 0.3 is 0 Å². The number of hydrogen-bond donors (Lipinski definition) is 2. The Morgan fingerprint density at radius 1 is 1.80 bits per heavy atom. The molecule has 0 amide bonds. The van der Waals surface area contributed by atoms with Crippen molar-refractivity contribution >= 4 is 38.8 Å². The van der Waals surface area contributed by atoms with Crippen LogP contribution in [0.25, 0.3) is 0 Å². The number of aromatic nitrogens is 2. The summed E-state index contributed by atoms with van der Waals surface area (Å²) in [4.78, 5) is 10.5. The monoisotopic (exact) mass is 248 g/mol.